The van der Waals surface area contributed by atoms with Gasteiger partial charge in [0.25, 0.3) is 0 Å². The van der Waals surface area contributed by atoms with E-state index in [1.165, 1.54) is 6.08 Å². The van der Waals surface area contributed by atoms with Gasteiger partial charge in [0.1, 0.15) is 5.69 Å². The Hall–Kier alpha value is -1.58. The summed E-state index contributed by atoms with van der Waals surface area (Å²) >= 11 is 0. The van der Waals surface area contributed by atoms with Gasteiger partial charge in [-0.3, -0.25) is 9.48 Å². The highest BCUT2D eigenvalue weighted by Gasteiger charge is 2.04. The van der Waals surface area contributed by atoms with Crippen LogP contribution in [0.5, 0.6) is 0 Å². The standard InChI is InChI=1S/C10H15N3O/c1-4-13-8-5-9(11-13)10(14)6-7-12(2)3/h5-8H,4H2,1-3H3. The van der Waals surface area contributed by atoms with Crippen molar-refractivity contribution in [3.63, 3.8) is 0 Å². The molecule has 0 saturated heterocycles. The lowest BCUT2D eigenvalue weighted by molar-refractivity contribution is 0.104. The van der Waals surface area contributed by atoms with Gasteiger partial charge < -0.3 is 4.90 Å². The molecule has 0 spiro atoms. The molecule has 4 heteroatoms. The third-order valence-corrected chi connectivity index (χ3v) is 1.74. The van der Waals surface area contributed by atoms with Crippen molar-refractivity contribution >= 4 is 5.78 Å². The van der Waals surface area contributed by atoms with E-state index in [0.29, 0.717) is 5.69 Å². The molecule has 0 radical (unpaired) electrons. The average Bonchev–Trinajstić information content (AvgIpc) is 2.62. The second-order valence-electron chi connectivity index (χ2n) is 3.20. The van der Waals surface area contributed by atoms with E-state index in [1.54, 1.807) is 23.1 Å². The molecule has 0 bridgehead atoms. The first-order valence-corrected chi connectivity index (χ1v) is 4.56. The lowest BCUT2D eigenvalue weighted by Gasteiger charge is -2.01. The van der Waals surface area contributed by atoms with Crippen LogP contribution in [0.3, 0.4) is 0 Å². The predicted octanol–water partition coefficient (Wildman–Crippen LogP) is 1.16. The van der Waals surface area contributed by atoms with Crippen LogP contribution in [-0.2, 0) is 6.54 Å². The number of aryl methyl sites for hydroxylation is 1. The van der Waals surface area contributed by atoms with Crippen LogP contribution in [0.4, 0.5) is 0 Å². The molecule has 0 amide bonds. The van der Waals surface area contributed by atoms with Crippen molar-refractivity contribution in [1.29, 1.82) is 0 Å². The molecule has 1 rings (SSSR count). The minimum Gasteiger partial charge on any atom is -0.383 e. The zero-order chi connectivity index (χ0) is 10.6. The summed E-state index contributed by atoms with van der Waals surface area (Å²) in [5.41, 5.74) is 0.491. The minimum atomic E-state index is -0.0640. The van der Waals surface area contributed by atoms with Crippen molar-refractivity contribution in [2.75, 3.05) is 14.1 Å². The van der Waals surface area contributed by atoms with Crippen molar-refractivity contribution in [2.24, 2.45) is 0 Å². The van der Waals surface area contributed by atoms with Gasteiger partial charge in [-0.1, -0.05) is 0 Å². The fourth-order valence-electron chi connectivity index (χ4n) is 0.971. The van der Waals surface area contributed by atoms with E-state index in [1.807, 2.05) is 25.9 Å². The van der Waals surface area contributed by atoms with Crippen LogP contribution in [0.15, 0.2) is 24.5 Å². The molecule has 0 atom stereocenters. The number of ketones is 1. The van der Waals surface area contributed by atoms with Gasteiger partial charge in [-0.25, -0.2) is 0 Å². The second kappa shape index (κ2) is 4.60. The van der Waals surface area contributed by atoms with Crippen LogP contribution < -0.4 is 0 Å². The monoisotopic (exact) mass is 193 g/mol. The van der Waals surface area contributed by atoms with Gasteiger partial charge in [0.2, 0.25) is 5.78 Å². The quantitative estimate of drug-likeness (QED) is 0.532. The molecule has 0 N–H and O–H groups in total. The van der Waals surface area contributed by atoms with E-state index >= 15 is 0 Å². The molecule has 4 nitrogen and oxygen atoms in total. The number of hydrogen-bond donors (Lipinski definition) is 0. The first-order chi connectivity index (χ1) is 6.63. The number of rotatable bonds is 4. The van der Waals surface area contributed by atoms with Gasteiger partial charge in [0.05, 0.1) is 0 Å². The molecule has 0 aliphatic carbocycles. The molecule has 14 heavy (non-hydrogen) atoms. The average molecular weight is 193 g/mol. The number of hydrogen-bond acceptors (Lipinski definition) is 3. The number of nitrogens with zero attached hydrogens (tertiary/aromatic N) is 3. The Labute approximate surface area is 83.8 Å². The Balaban J connectivity index is 2.70. The highest BCUT2D eigenvalue weighted by atomic mass is 16.1. The molecule has 1 aromatic rings. The summed E-state index contributed by atoms with van der Waals surface area (Å²) in [5, 5.41) is 4.10. The molecular weight excluding hydrogens is 178 g/mol. The Morgan fingerprint density at radius 2 is 2.36 bits per heavy atom. The zero-order valence-electron chi connectivity index (χ0n) is 8.77. The predicted molar refractivity (Wildman–Crippen MR) is 55.1 cm³/mol. The fourth-order valence-corrected chi connectivity index (χ4v) is 0.971. The van der Waals surface area contributed by atoms with Gasteiger partial charge in [0.15, 0.2) is 0 Å². The summed E-state index contributed by atoms with van der Waals surface area (Å²) in [6.45, 7) is 2.77. The third-order valence-electron chi connectivity index (χ3n) is 1.74. The molecule has 0 aliphatic heterocycles. The zero-order valence-corrected chi connectivity index (χ0v) is 8.77. The highest BCUT2D eigenvalue weighted by Crippen LogP contribution is 1.98. The van der Waals surface area contributed by atoms with Crippen molar-refractivity contribution in [2.45, 2.75) is 13.5 Å². The topological polar surface area (TPSA) is 38.1 Å². The van der Waals surface area contributed by atoms with Crippen LogP contribution in [0.25, 0.3) is 0 Å². The molecule has 0 unspecified atom stereocenters. The van der Waals surface area contributed by atoms with Crippen LogP contribution >= 0.6 is 0 Å². The second-order valence-corrected chi connectivity index (χ2v) is 3.20. The molecule has 1 aromatic heterocycles. The Bertz CT molecular complexity index is 339. The molecule has 0 aliphatic rings. The van der Waals surface area contributed by atoms with E-state index in [2.05, 4.69) is 5.10 Å². The van der Waals surface area contributed by atoms with Crippen LogP contribution in [0.1, 0.15) is 17.4 Å². The highest BCUT2D eigenvalue weighted by molar-refractivity contribution is 6.02. The van der Waals surface area contributed by atoms with Gasteiger partial charge in [-0.15, -0.1) is 0 Å². The number of allylic oxidation sites excluding steroid dienone is 1. The lowest BCUT2D eigenvalue weighted by Crippen LogP contribution is -2.04. The fraction of sp³-hybridized carbons (Fsp3) is 0.400. The van der Waals surface area contributed by atoms with E-state index in [9.17, 15) is 4.79 Å². The van der Waals surface area contributed by atoms with Gasteiger partial charge >= 0.3 is 0 Å². The summed E-state index contributed by atoms with van der Waals surface area (Å²) in [6.07, 6.45) is 5.03. The molecule has 0 aromatic carbocycles. The van der Waals surface area contributed by atoms with Crippen LogP contribution in [0.2, 0.25) is 0 Å². The van der Waals surface area contributed by atoms with Gasteiger partial charge in [-0.2, -0.15) is 5.10 Å². The summed E-state index contributed by atoms with van der Waals surface area (Å²) in [6, 6.07) is 1.73. The summed E-state index contributed by atoms with van der Waals surface area (Å²) in [5.74, 6) is -0.0640. The maximum absolute atomic E-state index is 11.5. The van der Waals surface area contributed by atoms with E-state index in [-0.39, 0.29) is 5.78 Å². The Morgan fingerprint density at radius 3 is 2.86 bits per heavy atom. The maximum atomic E-state index is 11.5. The molecular formula is C10H15N3O. The minimum absolute atomic E-state index is 0.0640. The molecule has 76 valence electrons. The van der Waals surface area contributed by atoms with E-state index < -0.39 is 0 Å². The van der Waals surface area contributed by atoms with Crippen molar-refractivity contribution < 1.29 is 4.79 Å². The molecule has 0 fully saturated rings. The smallest absolute Gasteiger partial charge is 0.207 e. The van der Waals surface area contributed by atoms with Gasteiger partial charge in [-0.05, 0) is 13.0 Å². The van der Waals surface area contributed by atoms with Gasteiger partial charge in [0, 0.05) is 39.1 Å². The Kier molecular flexibility index (Phi) is 3.45. The summed E-state index contributed by atoms with van der Waals surface area (Å²) in [4.78, 5) is 13.3. The van der Waals surface area contributed by atoms with Crippen LogP contribution in [0, 0.1) is 0 Å². The summed E-state index contributed by atoms with van der Waals surface area (Å²) < 4.78 is 1.73. The Morgan fingerprint density at radius 1 is 1.64 bits per heavy atom. The number of carbonyl (C=O) groups excluding carboxylic acids is 1. The number of aromatic nitrogens is 2. The third kappa shape index (κ3) is 2.73. The van der Waals surface area contributed by atoms with Crippen molar-refractivity contribution in [1.82, 2.24) is 14.7 Å². The largest absolute Gasteiger partial charge is 0.383 e. The van der Waals surface area contributed by atoms with Crippen LogP contribution in [-0.4, -0.2) is 34.6 Å². The van der Waals surface area contributed by atoms with E-state index in [0.717, 1.165) is 6.54 Å². The summed E-state index contributed by atoms with van der Waals surface area (Å²) in [7, 11) is 3.74. The first kappa shape index (κ1) is 10.5. The molecule has 0 saturated carbocycles. The normalized spacial score (nSPS) is 10.8. The van der Waals surface area contributed by atoms with Crippen molar-refractivity contribution in [3.8, 4) is 0 Å². The SMILES string of the molecule is CCn1ccc(C(=O)C=CN(C)C)n1. The molecule has 1 heterocycles. The lowest BCUT2D eigenvalue weighted by atomic mass is 10.3. The van der Waals surface area contributed by atoms with Crippen molar-refractivity contribution in [3.05, 3.63) is 30.2 Å². The van der Waals surface area contributed by atoms with E-state index in [4.69, 9.17) is 0 Å². The first-order valence-electron chi connectivity index (χ1n) is 4.56. The number of carbonyl (C=O) groups is 1. The maximum Gasteiger partial charge on any atom is 0.207 e.